The van der Waals surface area contributed by atoms with Gasteiger partial charge in [0, 0.05) is 17.0 Å². The number of benzene rings is 2. The zero-order valence-corrected chi connectivity index (χ0v) is 15.8. The SMILES string of the molecule is COc1ccc(C(=O)Nc2c(-c3ccc(C)cc3C)n[nH]c2C2CC2)cc1. The van der Waals surface area contributed by atoms with Gasteiger partial charge in [-0.05, 0) is 56.5 Å². The third-order valence-electron chi connectivity index (χ3n) is 5.01. The minimum atomic E-state index is -0.146. The first-order valence-electron chi connectivity index (χ1n) is 9.18. The molecule has 5 heteroatoms. The van der Waals surface area contributed by atoms with Crippen molar-refractivity contribution in [1.82, 2.24) is 10.2 Å². The number of nitrogens with zero attached hydrogens (tertiary/aromatic N) is 1. The molecule has 1 aliphatic carbocycles. The molecule has 1 saturated carbocycles. The molecule has 27 heavy (non-hydrogen) atoms. The molecule has 2 aromatic carbocycles. The van der Waals surface area contributed by atoms with Crippen LogP contribution in [-0.2, 0) is 0 Å². The van der Waals surface area contributed by atoms with Crippen molar-refractivity contribution < 1.29 is 9.53 Å². The van der Waals surface area contributed by atoms with Gasteiger partial charge in [-0.3, -0.25) is 9.89 Å². The molecular formula is C22H23N3O2. The number of amides is 1. The van der Waals surface area contributed by atoms with Gasteiger partial charge in [-0.25, -0.2) is 0 Å². The summed E-state index contributed by atoms with van der Waals surface area (Å²) >= 11 is 0. The van der Waals surface area contributed by atoms with Gasteiger partial charge in [-0.1, -0.05) is 23.8 Å². The Morgan fingerprint density at radius 1 is 1.15 bits per heavy atom. The van der Waals surface area contributed by atoms with E-state index in [-0.39, 0.29) is 5.91 Å². The van der Waals surface area contributed by atoms with E-state index < -0.39 is 0 Å². The lowest BCUT2D eigenvalue weighted by Crippen LogP contribution is -2.13. The first-order valence-corrected chi connectivity index (χ1v) is 9.18. The number of anilines is 1. The van der Waals surface area contributed by atoms with Crippen LogP contribution in [0, 0.1) is 13.8 Å². The molecule has 138 valence electrons. The lowest BCUT2D eigenvalue weighted by atomic mass is 10.0. The van der Waals surface area contributed by atoms with Crippen molar-refractivity contribution in [2.45, 2.75) is 32.6 Å². The van der Waals surface area contributed by atoms with Crippen molar-refractivity contribution in [2.24, 2.45) is 0 Å². The van der Waals surface area contributed by atoms with Crippen LogP contribution in [0.3, 0.4) is 0 Å². The number of ether oxygens (including phenoxy) is 1. The number of hydrogen-bond donors (Lipinski definition) is 2. The summed E-state index contributed by atoms with van der Waals surface area (Å²) < 4.78 is 5.17. The Morgan fingerprint density at radius 3 is 2.52 bits per heavy atom. The zero-order chi connectivity index (χ0) is 19.0. The predicted octanol–water partition coefficient (Wildman–Crippen LogP) is 4.83. The largest absolute Gasteiger partial charge is 0.497 e. The molecule has 1 aromatic heterocycles. The van der Waals surface area contributed by atoms with E-state index >= 15 is 0 Å². The quantitative estimate of drug-likeness (QED) is 0.684. The molecule has 4 rings (SSSR count). The van der Waals surface area contributed by atoms with Gasteiger partial charge in [0.25, 0.3) is 5.91 Å². The third kappa shape index (κ3) is 3.45. The van der Waals surface area contributed by atoms with Crippen molar-refractivity contribution >= 4 is 11.6 Å². The van der Waals surface area contributed by atoms with E-state index in [0.29, 0.717) is 11.5 Å². The van der Waals surface area contributed by atoms with Crippen LogP contribution in [0.2, 0.25) is 0 Å². The minimum absolute atomic E-state index is 0.146. The van der Waals surface area contributed by atoms with Crippen LogP contribution in [0.4, 0.5) is 5.69 Å². The van der Waals surface area contributed by atoms with Crippen LogP contribution in [0.25, 0.3) is 11.3 Å². The molecule has 5 nitrogen and oxygen atoms in total. The molecule has 3 aromatic rings. The first-order chi connectivity index (χ1) is 13.1. The Balaban J connectivity index is 1.70. The van der Waals surface area contributed by atoms with Gasteiger partial charge in [0.15, 0.2) is 0 Å². The average molecular weight is 361 g/mol. The number of nitrogens with one attached hydrogen (secondary N) is 2. The van der Waals surface area contributed by atoms with Crippen LogP contribution >= 0.6 is 0 Å². The van der Waals surface area contributed by atoms with Gasteiger partial charge >= 0.3 is 0 Å². The van der Waals surface area contributed by atoms with Crippen molar-refractivity contribution in [3.8, 4) is 17.0 Å². The van der Waals surface area contributed by atoms with E-state index in [2.05, 4.69) is 47.6 Å². The molecule has 0 radical (unpaired) electrons. The summed E-state index contributed by atoms with van der Waals surface area (Å²) in [6.07, 6.45) is 2.25. The predicted molar refractivity (Wildman–Crippen MR) is 106 cm³/mol. The molecule has 1 heterocycles. The van der Waals surface area contributed by atoms with Gasteiger partial charge in [0.05, 0.1) is 18.5 Å². The molecule has 1 amide bonds. The molecule has 0 bridgehead atoms. The average Bonchev–Trinajstić information content (AvgIpc) is 3.43. The Labute approximate surface area is 158 Å². The maximum absolute atomic E-state index is 12.8. The Hall–Kier alpha value is -3.08. The van der Waals surface area contributed by atoms with E-state index in [1.165, 1.54) is 5.56 Å². The molecule has 1 fully saturated rings. The molecule has 0 aliphatic heterocycles. The number of methoxy groups -OCH3 is 1. The maximum Gasteiger partial charge on any atom is 0.255 e. The number of aryl methyl sites for hydroxylation is 2. The van der Waals surface area contributed by atoms with Crippen molar-refractivity contribution in [1.29, 1.82) is 0 Å². The fourth-order valence-electron chi connectivity index (χ4n) is 3.35. The van der Waals surface area contributed by atoms with Gasteiger partial charge in [0.1, 0.15) is 11.4 Å². The van der Waals surface area contributed by atoms with E-state index in [1.54, 1.807) is 31.4 Å². The van der Waals surface area contributed by atoms with Gasteiger partial charge in [0.2, 0.25) is 0 Å². The Morgan fingerprint density at radius 2 is 1.89 bits per heavy atom. The number of H-pyrrole nitrogens is 1. The molecule has 0 spiro atoms. The molecule has 2 N–H and O–H groups in total. The van der Waals surface area contributed by atoms with Gasteiger partial charge in [-0.2, -0.15) is 5.10 Å². The highest BCUT2D eigenvalue weighted by Gasteiger charge is 2.31. The normalized spacial score (nSPS) is 13.4. The van der Waals surface area contributed by atoms with E-state index in [0.717, 1.165) is 46.8 Å². The number of aromatic nitrogens is 2. The number of carbonyl (C=O) groups is 1. The number of hydrogen-bond acceptors (Lipinski definition) is 3. The van der Waals surface area contributed by atoms with Gasteiger partial charge in [-0.15, -0.1) is 0 Å². The number of rotatable bonds is 5. The molecule has 0 atom stereocenters. The topological polar surface area (TPSA) is 67.0 Å². The van der Waals surface area contributed by atoms with Crippen molar-refractivity contribution in [3.63, 3.8) is 0 Å². The summed E-state index contributed by atoms with van der Waals surface area (Å²) in [6, 6.07) is 13.4. The summed E-state index contributed by atoms with van der Waals surface area (Å²) in [5.41, 5.74) is 6.59. The lowest BCUT2D eigenvalue weighted by molar-refractivity contribution is 0.102. The van der Waals surface area contributed by atoms with Crippen molar-refractivity contribution in [3.05, 3.63) is 64.8 Å². The fraction of sp³-hybridized carbons (Fsp3) is 0.273. The second-order valence-electron chi connectivity index (χ2n) is 7.14. The zero-order valence-electron chi connectivity index (χ0n) is 15.8. The number of aromatic amines is 1. The van der Waals surface area contributed by atoms with E-state index in [4.69, 9.17) is 4.74 Å². The van der Waals surface area contributed by atoms with Crippen LogP contribution in [0.15, 0.2) is 42.5 Å². The Kier molecular flexibility index (Phi) is 4.44. The standard InChI is InChI=1S/C22H23N3O2/c1-13-4-11-18(14(2)12-13)20-21(19(24-25-20)15-5-6-15)23-22(26)16-7-9-17(27-3)10-8-16/h4,7-12,15H,5-6H2,1-3H3,(H,23,26)(H,24,25). The second-order valence-corrected chi connectivity index (χ2v) is 7.14. The fourth-order valence-corrected chi connectivity index (χ4v) is 3.35. The van der Waals surface area contributed by atoms with Crippen LogP contribution < -0.4 is 10.1 Å². The highest BCUT2D eigenvalue weighted by atomic mass is 16.5. The highest BCUT2D eigenvalue weighted by molar-refractivity contribution is 6.06. The van der Waals surface area contributed by atoms with Crippen molar-refractivity contribution in [2.75, 3.05) is 12.4 Å². The lowest BCUT2D eigenvalue weighted by Gasteiger charge is -2.11. The number of carbonyl (C=O) groups excluding carboxylic acids is 1. The monoisotopic (exact) mass is 361 g/mol. The van der Waals surface area contributed by atoms with E-state index in [1.807, 2.05) is 0 Å². The van der Waals surface area contributed by atoms with Crippen LogP contribution in [0.5, 0.6) is 5.75 Å². The third-order valence-corrected chi connectivity index (χ3v) is 5.01. The first kappa shape index (κ1) is 17.3. The summed E-state index contributed by atoms with van der Waals surface area (Å²) in [4.78, 5) is 12.8. The second kappa shape index (κ2) is 6.91. The molecule has 0 saturated heterocycles. The summed E-state index contributed by atoms with van der Waals surface area (Å²) in [7, 11) is 1.61. The smallest absolute Gasteiger partial charge is 0.255 e. The highest BCUT2D eigenvalue weighted by Crippen LogP contribution is 2.45. The summed E-state index contributed by atoms with van der Waals surface area (Å²) in [5, 5.41) is 10.8. The Bertz CT molecular complexity index is 985. The molecule has 0 unspecified atom stereocenters. The molecule has 1 aliphatic rings. The minimum Gasteiger partial charge on any atom is -0.497 e. The summed E-state index contributed by atoms with van der Waals surface area (Å²) in [6.45, 7) is 4.15. The van der Waals surface area contributed by atoms with Crippen LogP contribution in [-0.4, -0.2) is 23.2 Å². The van der Waals surface area contributed by atoms with Crippen LogP contribution in [0.1, 0.15) is 45.9 Å². The van der Waals surface area contributed by atoms with Gasteiger partial charge < -0.3 is 10.1 Å². The molecular weight excluding hydrogens is 338 g/mol. The van der Waals surface area contributed by atoms with E-state index in [9.17, 15) is 4.79 Å². The summed E-state index contributed by atoms with van der Waals surface area (Å²) in [5.74, 6) is 1.03. The maximum atomic E-state index is 12.8.